The van der Waals surface area contributed by atoms with Crippen molar-refractivity contribution >= 4 is 28.9 Å². The predicted molar refractivity (Wildman–Crippen MR) is 82.1 cm³/mol. The Morgan fingerprint density at radius 1 is 1.40 bits per heavy atom. The molecule has 4 nitrogen and oxygen atoms in total. The minimum atomic E-state index is -1.39. The van der Waals surface area contributed by atoms with Crippen LogP contribution in [0.3, 0.4) is 0 Å². The second-order valence-corrected chi connectivity index (χ2v) is 8.30. The minimum absolute atomic E-state index is 0.185. The van der Waals surface area contributed by atoms with Crippen LogP contribution >= 0.6 is 11.6 Å². The third-order valence-electron chi connectivity index (χ3n) is 2.84. The fourth-order valence-corrected chi connectivity index (χ4v) is 2.78. The van der Waals surface area contributed by atoms with Gasteiger partial charge in [0.1, 0.15) is 4.75 Å². The second kappa shape index (κ2) is 6.35. The van der Waals surface area contributed by atoms with Crippen molar-refractivity contribution in [3.8, 4) is 0 Å². The normalized spacial score (nSPS) is 16.5. The van der Waals surface area contributed by atoms with Gasteiger partial charge in [0, 0.05) is 16.4 Å². The van der Waals surface area contributed by atoms with Gasteiger partial charge >= 0.3 is 5.97 Å². The molecule has 0 aliphatic rings. The van der Waals surface area contributed by atoms with Gasteiger partial charge in [-0.1, -0.05) is 23.7 Å². The van der Waals surface area contributed by atoms with Crippen molar-refractivity contribution in [3.05, 3.63) is 34.9 Å². The molecule has 0 aliphatic carbocycles. The van der Waals surface area contributed by atoms with Crippen molar-refractivity contribution in [1.82, 2.24) is 4.72 Å². The minimum Gasteiger partial charge on any atom is -0.598 e. The van der Waals surface area contributed by atoms with Crippen LogP contribution in [0, 0.1) is 0 Å². The van der Waals surface area contributed by atoms with Crippen molar-refractivity contribution in [2.45, 2.75) is 44.4 Å². The first-order valence-electron chi connectivity index (χ1n) is 6.22. The highest BCUT2D eigenvalue weighted by atomic mass is 35.5. The molecule has 0 saturated carbocycles. The average Bonchev–Trinajstić information content (AvgIpc) is 2.26. The zero-order chi connectivity index (χ0) is 15.6. The molecule has 20 heavy (non-hydrogen) atoms. The molecular formula is C14H20ClNO3S. The Morgan fingerprint density at radius 2 is 2.00 bits per heavy atom. The zero-order valence-electron chi connectivity index (χ0n) is 12.1. The molecule has 0 aromatic heterocycles. The molecule has 0 bridgehead atoms. The van der Waals surface area contributed by atoms with Crippen molar-refractivity contribution in [1.29, 1.82) is 0 Å². The van der Waals surface area contributed by atoms with Gasteiger partial charge < -0.3 is 9.66 Å². The molecule has 0 radical (unpaired) electrons. The van der Waals surface area contributed by atoms with E-state index in [-0.39, 0.29) is 6.42 Å². The molecular weight excluding hydrogens is 298 g/mol. The highest BCUT2D eigenvalue weighted by Crippen LogP contribution is 2.30. The number of hydrogen-bond donors (Lipinski definition) is 2. The van der Waals surface area contributed by atoms with E-state index in [4.69, 9.17) is 16.7 Å². The summed E-state index contributed by atoms with van der Waals surface area (Å²) in [5.74, 6) is -0.967. The lowest BCUT2D eigenvalue weighted by molar-refractivity contribution is -0.138. The zero-order valence-corrected chi connectivity index (χ0v) is 13.6. The molecule has 6 heteroatoms. The van der Waals surface area contributed by atoms with E-state index in [1.807, 2.05) is 20.8 Å². The Balaban J connectivity index is 3.13. The van der Waals surface area contributed by atoms with E-state index in [0.29, 0.717) is 10.6 Å². The second-order valence-electron chi connectivity index (χ2n) is 5.90. The molecule has 2 atom stereocenters. The maximum atomic E-state index is 12.3. The number of carboxylic acid groups (broad SMARTS) is 1. The van der Waals surface area contributed by atoms with Crippen molar-refractivity contribution in [2.24, 2.45) is 0 Å². The number of nitrogens with one attached hydrogen (secondary N) is 1. The first kappa shape index (κ1) is 17.3. The van der Waals surface area contributed by atoms with Crippen molar-refractivity contribution < 1.29 is 14.5 Å². The van der Waals surface area contributed by atoms with Crippen LogP contribution in [0.1, 0.15) is 39.7 Å². The largest absolute Gasteiger partial charge is 0.598 e. The third-order valence-corrected chi connectivity index (χ3v) is 4.82. The molecule has 0 aliphatic heterocycles. The Bertz CT molecular complexity index is 490. The number of hydrogen-bond acceptors (Lipinski definition) is 3. The summed E-state index contributed by atoms with van der Waals surface area (Å²) in [6.07, 6.45) is -0.185. The number of aliphatic carboxylic acids is 1. The molecule has 0 amide bonds. The Kier molecular flexibility index (Phi) is 5.49. The number of carbonyl (C=O) groups is 1. The molecule has 2 N–H and O–H groups in total. The van der Waals surface area contributed by atoms with Crippen LogP contribution in [-0.4, -0.2) is 20.4 Å². The molecule has 0 saturated heterocycles. The van der Waals surface area contributed by atoms with Crippen LogP contribution in [0.15, 0.2) is 24.3 Å². The van der Waals surface area contributed by atoms with Gasteiger partial charge in [-0.05, 0) is 45.4 Å². The number of benzene rings is 1. The van der Waals surface area contributed by atoms with Crippen LogP contribution < -0.4 is 4.72 Å². The molecule has 1 rings (SSSR count). The van der Waals surface area contributed by atoms with E-state index in [2.05, 4.69) is 4.72 Å². The van der Waals surface area contributed by atoms with Gasteiger partial charge in [-0.15, -0.1) is 4.72 Å². The van der Waals surface area contributed by atoms with Gasteiger partial charge in [0.25, 0.3) is 0 Å². The molecule has 0 fully saturated rings. The molecule has 1 aromatic rings. The standard InChI is InChI=1S/C14H20ClNO3S/c1-13(2,3)20(19)16-14(4,9-12(17)18)10-6-5-7-11(15)8-10/h5-8,16H,9H2,1-4H3,(H,17,18). The Hall–Kier alpha value is -0.750. The van der Waals surface area contributed by atoms with Gasteiger partial charge in [0.2, 0.25) is 0 Å². The van der Waals surface area contributed by atoms with Crippen LogP contribution in [0.5, 0.6) is 0 Å². The van der Waals surface area contributed by atoms with Gasteiger partial charge in [-0.2, -0.15) is 0 Å². The summed E-state index contributed by atoms with van der Waals surface area (Å²) in [5, 5.41) is 9.64. The first-order valence-corrected chi connectivity index (χ1v) is 7.75. The Labute approximate surface area is 127 Å². The van der Waals surface area contributed by atoms with E-state index in [1.165, 1.54) is 0 Å². The average molecular weight is 318 g/mol. The van der Waals surface area contributed by atoms with Gasteiger partial charge in [0.15, 0.2) is 0 Å². The lowest BCUT2D eigenvalue weighted by Gasteiger charge is -2.34. The summed E-state index contributed by atoms with van der Waals surface area (Å²) in [7, 11) is 0. The van der Waals surface area contributed by atoms with Gasteiger partial charge in [-0.25, -0.2) is 0 Å². The first-order chi connectivity index (χ1) is 9.04. The third kappa shape index (κ3) is 4.66. The SMILES string of the molecule is CC(CC(=O)O)(N[S+]([O-])C(C)(C)C)c1cccc(Cl)c1. The summed E-state index contributed by atoms with van der Waals surface area (Å²) >= 11 is 4.58. The summed E-state index contributed by atoms with van der Waals surface area (Å²) in [5.41, 5.74) is -0.250. The lowest BCUT2D eigenvalue weighted by Crippen LogP contribution is -2.50. The molecule has 0 heterocycles. The van der Waals surface area contributed by atoms with Crippen LogP contribution in [0.4, 0.5) is 0 Å². The van der Waals surface area contributed by atoms with E-state index in [0.717, 1.165) is 0 Å². The molecule has 0 spiro atoms. The summed E-state index contributed by atoms with van der Waals surface area (Å²) < 4.78 is 14.7. The lowest BCUT2D eigenvalue weighted by atomic mass is 9.90. The fraction of sp³-hybridized carbons (Fsp3) is 0.500. The smallest absolute Gasteiger partial charge is 0.305 e. The van der Waals surface area contributed by atoms with Gasteiger partial charge in [0.05, 0.1) is 12.0 Å². The quantitative estimate of drug-likeness (QED) is 0.819. The molecule has 112 valence electrons. The van der Waals surface area contributed by atoms with Crippen LogP contribution in [0.25, 0.3) is 0 Å². The number of carboxylic acids is 1. The number of halogens is 1. The predicted octanol–water partition coefficient (Wildman–Crippen LogP) is 3.08. The van der Waals surface area contributed by atoms with Crippen LogP contribution in [0.2, 0.25) is 5.02 Å². The van der Waals surface area contributed by atoms with Crippen molar-refractivity contribution in [3.63, 3.8) is 0 Å². The maximum Gasteiger partial charge on any atom is 0.305 e. The molecule has 1 aromatic carbocycles. The highest BCUT2D eigenvalue weighted by Gasteiger charge is 2.38. The topological polar surface area (TPSA) is 72.4 Å². The van der Waals surface area contributed by atoms with E-state index < -0.39 is 27.6 Å². The van der Waals surface area contributed by atoms with Crippen molar-refractivity contribution in [2.75, 3.05) is 0 Å². The highest BCUT2D eigenvalue weighted by molar-refractivity contribution is 7.90. The van der Waals surface area contributed by atoms with E-state index in [9.17, 15) is 9.35 Å². The van der Waals surface area contributed by atoms with Gasteiger partial charge in [-0.3, -0.25) is 4.79 Å². The van der Waals surface area contributed by atoms with E-state index >= 15 is 0 Å². The monoisotopic (exact) mass is 317 g/mol. The maximum absolute atomic E-state index is 12.3. The Morgan fingerprint density at radius 3 is 2.45 bits per heavy atom. The van der Waals surface area contributed by atoms with Crippen LogP contribution in [-0.2, 0) is 21.7 Å². The molecule has 2 unspecified atom stereocenters. The summed E-state index contributed by atoms with van der Waals surface area (Å²) in [6, 6.07) is 6.94. The summed E-state index contributed by atoms with van der Waals surface area (Å²) in [6.45, 7) is 7.20. The van der Waals surface area contributed by atoms with E-state index in [1.54, 1.807) is 31.2 Å². The summed E-state index contributed by atoms with van der Waals surface area (Å²) in [4.78, 5) is 11.1. The number of rotatable bonds is 5. The fourth-order valence-electron chi connectivity index (χ4n) is 1.69.